The van der Waals surface area contributed by atoms with Crippen LogP contribution in [0.4, 0.5) is 13.2 Å². The highest BCUT2D eigenvalue weighted by molar-refractivity contribution is 5.79. The van der Waals surface area contributed by atoms with Gasteiger partial charge in [0.25, 0.3) is 0 Å². The first-order valence-corrected chi connectivity index (χ1v) is 8.69. The number of alkyl halides is 3. The molecule has 1 unspecified atom stereocenters. The van der Waals surface area contributed by atoms with E-state index in [1.807, 2.05) is 25.5 Å². The lowest BCUT2D eigenvalue weighted by atomic mass is 9.96. The Balaban J connectivity index is 1.84. The van der Waals surface area contributed by atoms with Crippen molar-refractivity contribution in [3.05, 3.63) is 47.0 Å². The lowest BCUT2D eigenvalue weighted by Gasteiger charge is -2.16. The molecule has 0 saturated heterocycles. The smallest absolute Gasteiger partial charge is 0.356 e. The van der Waals surface area contributed by atoms with Crippen LogP contribution in [-0.4, -0.2) is 34.3 Å². The molecule has 2 rings (SSSR count). The quantitative estimate of drug-likeness (QED) is 0.595. The number of rotatable bonds is 6. The molecule has 0 spiro atoms. The Morgan fingerprint density at radius 1 is 1.26 bits per heavy atom. The van der Waals surface area contributed by atoms with Crippen molar-refractivity contribution >= 4 is 5.96 Å². The van der Waals surface area contributed by atoms with Crippen LogP contribution in [0.5, 0.6) is 0 Å². The van der Waals surface area contributed by atoms with E-state index in [2.05, 4.69) is 25.8 Å². The highest BCUT2D eigenvalue weighted by atomic mass is 19.4. The SMILES string of the molecule is CN=C(NCCC(C)c1cccc(C(F)(F)F)c1)NCc1nnc(C)n1C. The lowest BCUT2D eigenvalue weighted by molar-refractivity contribution is -0.137. The fourth-order valence-corrected chi connectivity index (χ4v) is 2.58. The third-order valence-electron chi connectivity index (χ3n) is 4.47. The molecule has 0 fully saturated rings. The summed E-state index contributed by atoms with van der Waals surface area (Å²) in [7, 11) is 3.55. The molecule has 0 saturated carbocycles. The summed E-state index contributed by atoms with van der Waals surface area (Å²) in [6.45, 7) is 4.84. The summed E-state index contributed by atoms with van der Waals surface area (Å²) in [5, 5.41) is 14.4. The maximum absolute atomic E-state index is 12.8. The Bertz CT molecular complexity index is 782. The Hall–Kier alpha value is -2.58. The van der Waals surface area contributed by atoms with E-state index in [-0.39, 0.29) is 5.92 Å². The molecule has 0 radical (unpaired) electrons. The summed E-state index contributed by atoms with van der Waals surface area (Å²) in [5.41, 5.74) is 0.0559. The number of hydrogen-bond acceptors (Lipinski definition) is 3. The van der Waals surface area contributed by atoms with Gasteiger partial charge in [0.05, 0.1) is 12.1 Å². The van der Waals surface area contributed by atoms with E-state index in [0.717, 1.165) is 17.7 Å². The second-order valence-corrected chi connectivity index (χ2v) is 6.39. The van der Waals surface area contributed by atoms with Crippen molar-refractivity contribution in [1.82, 2.24) is 25.4 Å². The number of nitrogens with one attached hydrogen (secondary N) is 2. The van der Waals surface area contributed by atoms with E-state index in [1.165, 1.54) is 12.1 Å². The maximum Gasteiger partial charge on any atom is 0.416 e. The van der Waals surface area contributed by atoms with Crippen molar-refractivity contribution in [2.75, 3.05) is 13.6 Å². The molecule has 2 aromatic rings. The second kappa shape index (κ2) is 8.88. The molecule has 1 atom stereocenters. The van der Waals surface area contributed by atoms with Crippen molar-refractivity contribution in [2.24, 2.45) is 12.0 Å². The molecule has 1 aromatic heterocycles. The van der Waals surface area contributed by atoms with Crippen LogP contribution >= 0.6 is 0 Å². The van der Waals surface area contributed by atoms with E-state index in [0.29, 0.717) is 31.0 Å². The summed E-state index contributed by atoms with van der Waals surface area (Å²) in [6, 6.07) is 5.48. The van der Waals surface area contributed by atoms with Gasteiger partial charge < -0.3 is 15.2 Å². The first-order valence-electron chi connectivity index (χ1n) is 8.69. The van der Waals surface area contributed by atoms with Gasteiger partial charge in [0.1, 0.15) is 5.82 Å². The van der Waals surface area contributed by atoms with Crippen LogP contribution in [0, 0.1) is 6.92 Å². The van der Waals surface area contributed by atoms with Gasteiger partial charge in [-0.2, -0.15) is 13.2 Å². The van der Waals surface area contributed by atoms with Gasteiger partial charge in [0, 0.05) is 20.6 Å². The summed E-state index contributed by atoms with van der Waals surface area (Å²) in [6.07, 6.45) is -3.65. The van der Waals surface area contributed by atoms with E-state index >= 15 is 0 Å². The Kier molecular flexibility index (Phi) is 6.81. The minimum Gasteiger partial charge on any atom is -0.356 e. The summed E-state index contributed by atoms with van der Waals surface area (Å²) in [5.74, 6) is 2.20. The van der Waals surface area contributed by atoms with Gasteiger partial charge in [0.15, 0.2) is 11.8 Å². The van der Waals surface area contributed by atoms with Crippen LogP contribution < -0.4 is 10.6 Å². The third-order valence-corrected chi connectivity index (χ3v) is 4.47. The molecule has 27 heavy (non-hydrogen) atoms. The highest BCUT2D eigenvalue weighted by Crippen LogP contribution is 2.31. The van der Waals surface area contributed by atoms with E-state index in [1.54, 1.807) is 13.1 Å². The number of halogens is 3. The Morgan fingerprint density at radius 3 is 2.59 bits per heavy atom. The molecular formula is C18H25F3N6. The first-order chi connectivity index (χ1) is 12.7. The van der Waals surface area contributed by atoms with Gasteiger partial charge in [-0.25, -0.2) is 0 Å². The molecule has 9 heteroatoms. The van der Waals surface area contributed by atoms with Gasteiger partial charge >= 0.3 is 6.18 Å². The number of guanidine groups is 1. The number of benzene rings is 1. The zero-order valence-electron chi connectivity index (χ0n) is 15.9. The van der Waals surface area contributed by atoms with Crippen LogP contribution in [-0.2, 0) is 19.8 Å². The number of aliphatic imine (C=N–C) groups is 1. The Morgan fingerprint density at radius 2 is 2.00 bits per heavy atom. The summed E-state index contributed by atoms with van der Waals surface area (Å²) < 4.78 is 40.4. The van der Waals surface area contributed by atoms with Crippen molar-refractivity contribution in [3.8, 4) is 0 Å². The molecule has 0 aliphatic rings. The molecule has 1 aromatic carbocycles. The third kappa shape index (κ3) is 5.70. The fourth-order valence-electron chi connectivity index (χ4n) is 2.58. The standard InChI is InChI=1S/C18H25F3N6/c1-12(14-6-5-7-15(10-14)18(19,20)21)8-9-23-17(22-3)24-11-16-26-25-13(2)27(16)4/h5-7,10,12H,8-9,11H2,1-4H3,(H2,22,23,24). The lowest BCUT2D eigenvalue weighted by Crippen LogP contribution is -2.38. The molecular weight excluding hydrogens is 357 g/mol. The largest absolute Gasteiger partial charge is 0.416 e. The van der Waals surface area contributed by atoms with Gasteiger partial charge in [-0.15, -0.1) is 10.2 Å². The number of aromatic nitrogens is 3. The second-order valence-electron chi connectivity index (χ2n) is 6.39. The maximum atomic E-state index is 12.8. The monoisotopic (exact) mass is 382 g/mol. The van der Waals surface area contributed by atoms with E-state index in [9.17, 15) is 13.2 Å². The average molecular weight is 382 g/mol. The molecule has 6 nitrogen and oxygen atoms in total. The molecule has 0 aliphatic carbocycles. The molecule has 0 aliphatic heterocycles. The molecule has 2 N–H and O–H groups in total. The van der Waals surface area contributed by atoms with Crippen molar-refractivity contribution in [1.29, 1.82) is 0 Å². The van der Waals surface area contributed by atoms with E-state index < -0.39 is 11.7 Å². The van der Waals surface area contributed by atoms with E-state index in [4.69, 9.17) is 0 Å². The highest BCUT2D eigenvalue weighted by Gasteiger charge is 2.30. The van der Waals surface area contributed by atoms with Crippen LogP contribution in [0.2, 0.25) is 0 Å². The number of hydrogen-bond donors (Lipinski definition) is 2. The van der Waals surface area contributed by atoms with Gasteiger partial charge in [0.2, 0.25) is 0 Å². The van der Waals surface area contributed by atoms with Crippen molar-refractivity contribution in [2.45, 2.75) is 38.9 Å². The minimum absolute atomic E-state index is 0.0145. The molecule has 1 heterocycles. The van der Waals surface area contributed by atoms with Gasteiger partial charge in [-0.3, -0.25) is 4.99 Å². The van der Waals surface area contributed by atoms with Crippen molar-refractivity contribution in [3.63, 3.8) is 0 Å². The summed E-state index contributed by atoms with van der Waals surface area (Å²) >= 11 is 0. The zero-order valence-corrected chi connectivity index (χ0v) is 15.9. The minimum atomic E-state index is -4.32. The van der Waals surface area contributed by atoms with Crippen molar-refractivity contribution < 1.29 is 13.2 Å². The summed E-state index contributed by atoms with van der Waals surface area (Å²) in [4.78, 5) is 4.14. The molecule has 0 amide bonds. The predicted octanol–water partition coefficient (Wildman–Crippen LogP) is 3.00. The van der Waals surface area contributed by atoms with Crippen LogP contribution in [0.15, 0.2) is 29.3 Å². The Labute approximate surface area is 156 Å². The van der Waals surface area contributed by atoms with Gasteiger partial charge in [-0.05, 0) is 30.9 Å². The number of nitrogens with zero attached hydrogens (tertiary/aromatic N) is 4. The predicted molar refractivity (Wildman–Crippen MR) is 98.4 cm³/mol. The molecule has 0 bridgehead atoms. The zero-order chi connectivity index (χ0) is 20.0. The number of aryl methyl sites for hydroxylation is 1. The normalized spacial score (nSPS) is 13.5. The fraction of sp³-hybridized carbons (Fsp3) is 0.500. The van der Waals surface area contributed by atoms with Crippen LogP contribution in [0.25, 0.3) is 0 Å². The van der Waals surface area contributed by atoms with Gasteiger partial charge in [-0.1, -0.05) is 25.1 Å². The first kappa shape index (κ1) is 20.7. The van der Waals surface area contributed by atoms with Crippen LogP contribution in [0.1, 0.15) is 42.0 Å². The average Bonchev–Trinajstić information content (AvgIpc) is 2.95. The van der Waals surface area contributed by atoms with Crippen LogP contribution in [0.3, 0.4) is 0 Å². The molecule has 148 valence electrons. The topological polar surface area (TPSA) is 67.1 Å².